The van der Waals surface area contributed by atoms with Gasteiger partial charge >= 0.3 is 0 Å². The molecule has 0 saturated carbocycles. The lowest BCUT2D eigenvalue weighted by Crippen LogP contribution is -2.27. The molecule has 3 aromatic rings. The van der Waals surface area contributed by atoms with Crippen molar-refractivity contribution in [3.63, 3.8) is 0 Å². The lowest BCUT2D eigenvalue weighted by Gasteiger charge is -2.17. The Kier molecular flexibility index (Phi) is 5.75. The number of nitrogens with one attached hydrogen (secondary N) is 1. The summed E-state index contributed by atoms with van der Waals surface area (Å²) in [6, 6.07) is 20.4. The van der Waals surface area contributed by atoms with Crippen LogP contribution in [0.15, 0.2) is 72.2 Å². The third-order valence-electron chi connectivity index (χ3n) is 3.94. The Morgan fingerprint density at radius 2 is 1.62 bits per heavy atom. The fraction of sp³-hybridized carbons (Fsp3) is 0.200. The molecule has 0 aliphatic heterocycles. The predicted octanol–water partition coefficient (Wildman–Crippen LogP) is 4.02. The van der Waals surface area contributed by atoms with E-state index >= 15 is 0 Å². The number of carbonyl (C=O) groups excluding carboxylic acids is 1. The second-order valence-corrected chi connectivity index (χ2v) is 6.58. The van der Waals surface area contributed by atoms with E-state index in [4.69, 9.17) is 0 Å². The van der Waals surface area contributed by atoms with Crippen molar-refractivity contribution in [2.45, 2.75) is 18.8 Å². The molecule has 3 rings (SSSR count). The van der Waals surface area contributed by atoms with E-state index in [-0.39, 0.29) is 11.8 Å². The molecule has 0 bridgehead atoms. The van der Waals surface area contributed by atoms with Gasteiger partial charge in [-0.15, -0.1) is 11.3 Å². The molecule has 1 N–H and O–H groups in total. The summed E-state index contributed by atoms with van der Waals surface area (Å²) >= 11 is 1.62. The van der Waals surface area contributed by atoms with Crippen molar-refractivity contribution < 1.29 is 4.79 Å². The molecular formula is C20H20N2OS. The number of hydrogen-bond acceptors (Lipinski definition) is 3. The highest BCUT2D eigenvalue weighted by Crippen LogP contribution is 2.27. The fourth-order valence-electron chi connectivity index (χ4n) is 2.74. The molecule has 24 heavy (non-hydrogen) atoms. The molecule has 0 aliphatic carbocycles. The number of aromatic nitrogens is 1. The third kappa shape index (κ3) is 4.52. The molecular weight excluding hydrogens is 316 g/mol. The van der Waals surface area contributed by atoms with Gasteiger partial charge in [0, 0.05) is 36.9 Å². The summed E-state index contributed by atoms with van der Waals surface area (Å²) in [5, 5.41) is 6.03. The summed E-state index contributed by atoms with van der Waals surface area (Å²) in [7, 11) is 0. The summed E-state index contributed by atoms with van der Waals surface area (Å²) in [5.41, 5.74) is 2.33. The van der Waals surface area contributed by atoms with Crippen molar-refractivity contribution in [2.24, 2.45) is 0 Å². The van der Waals surface area contributed by atoms with Crippen molar-refractivity contribution in [2.75, 3.05) is 6.54 Å². The third-order valence-corrected chi connectivity index (χ3v) is 4.78. The molecule has 0 saturated heterocycles. The smallest absolute Gasteiger partial charge is 0.220 e. The zero-order valence-electron chi connectivity index (χ0n) is 13.4. The van der Waals surface area contributed by atoms with E-state index in [1.54, 1.807) is 17.5 Å². The Morgan fingerprint density at radius 1 is 1.00 bits per heavy atom. The van der Waals surface area contributed by atoms with Gasteiger partial charge in [-0.05, 0) is 11.1 Å². The summed E-state index contributed by atoms with van der Waals surface area (Å²) in [5.74, 6) is 0.150. The van der Waals surface area contributed by atoms with Crippen molar-refractivity contribution in [1.82, 2.24) is 10.3 Å². The van der Waals surface area contributed by atoms with Gasteiger partial charge in [-0.1, -0.05) is 60.7 Å². The maximum Gasteiger partial charge on any atom is 0.220 e. The van der Waals surface area contributed by atoms with Gasteiger partial charge in [0.15, 0.2) is 0 Å². The van der Waals surface area contributed by atoms with Crippen LogP contribution in [0.4, 0.5) is 0 Å². The summed E-state index contributed by atoms with van der Waals surface area (Å²) in [4.78, 5) is 16.6. The maximum absolute atomic E-state index is 12.4. The number of thiazole rings is 1. The molecule has 1 aromatic heterocycles. The minimum absolute atomic E-state index is 0.0734. The van der Waals surface area contributed by atoms with Gasteiger partial charge in [0.1, 0.15) is 0 Å². The van der Waals surface area contributed by atoms with E-state index in [0.29, 0.717) is 13.0 Å². The molecule has 3 nitrogen and oxygen atoms in total. The van der Waals surface area contributed by atoms with Gasteiger partial charge in [-0.2, -0.15) is 0 Å². The normalized spacial score (nSPS) is 10.7. The van der Waals surface area contributed by atoms with E-state index in [1.807, 2.05) is 41.8 Å². The first kappa shape index (κ1) is 16.4. The molecule has 0 unspecified atom stereocenters. The Hall–Kier alpha value is -2.46. The Bertz CT molecular complexity index is 702. The van der Waals surface area contributed by atoms with Crippen LogP contribution in [-0.2, 0) is 11.2 Å². The maximum atomic E-state index is 12.4. The monoisotopic (exact) mass is 336 g/mol. The van der Waals surface area contributed by atoms with Crippen LogP contribution in [0, 0.1) is 0 Å². The molecule has 122 valence electrons. The number of benzene rings is 2. The predicted molar refractivity (Wildman–Crippen MR) is 98.2 cm³/mol. The van der Waals surface area contributed by atoms with Gasteiger partial charge in [0.05, 0.1) is 5.01 Å². The first-order chi connectivity index (χ1) is 11.8. The van der Waals surface area contributed by atoms with Crippen LogP contribution in [0.5, 0.6) is 0 Å². The molecule has 2 aromatic carbocycles. The average Bonchev–Trinajstić information content (AvgIpc) is 3.15. The van der Waals surface area contributed by atoms with Gasteiger partial charge in [-0.3, -0.25) is 4.79 Å². The van der Waals surface area contributed by atoms with Crippen LogP contribution in [0.2, 0.25) is 0 Å². The van der Waals surface area contributed by atoms with E-state index in [1.165, 1.54) is 11.1 Å². The van der Waals surface area contributed by atoms with E-state index in [2.05, 4.69) is 34.6 Å². The van der Waals surface area contributed by atoms with Gasteiger partial charge in [-0.25, -0.2) is 4.98 Å². The highest BCUT2D eigenvalue weighted by Gasteiger charge is 2.17. The van der Waals surface area contributed by atoms with Crippen LogP contribution in [0.3, 0.4) is 0 Å². The summed E-state index contributed by atoms with van der Waals surface area (Å²) in [6.07, 6.45) is 3.03. The van der Waals surface area contributed by atoms with Crippen LogP contribution in [-0.4, -0.2) is 17.4 Å². The second kappa shape index (κ2) is 8.41. The lowest BCUT2D eigenvalue weighted by molar-refractivity contribution is -0.121. The van der Waals surface area contributed by atoms with E-state index in [0.717, 1.165) is 11.4 Å². The molecule has 4 heteroatoms. The van der Waals surface area contributed by atoms with Gasteiger partial charge in [0.25, 0.3) is 0 Å². The average molecular weight is 336 g/mol. The zero-order valence-corrected chi connectivity index (χ0v) is 14.2. The molecule has 1 amide bonds. The molecule has 0 fully saturated rings. The van der Waals surface area contributed by atoms with Crippen molar-refractivity contribution in [1.29, 1.82) is 0 Å². The van der Waals surface area contributed by atoms with Crippen LogP contribution in [0.25, 0.3) is 0 Å². The molecule has 0 atom stereocenters. The molecule has 1 heterocycles. The van der Waals surface area contributed by atoms with Crippen LogP contribution >= 0.6 is 11.3 Å². The standard InChI is InChI=1S/C20H20N2OS/c23-19(21-12-11-20-22-13-14-24-20)15-18(16-7-3-1-4-8-16)17-9-5-2-6-10-17/h1-10,13-14,18H,11-12,15H2,(H,21,23). The molecule has 0 radical (unpaired) electrons. The Balaban J connectivity index is 1.64. The number of rotatable bonds is 7. The first-order valence-corrected chi connectivity index (χ1v) is 8.96. The van der Waals surface area contributed by atoms with Gasteiger partial charge in [0.2, 0.25) is 5.91 Å². The Labute approximate surface area is 146 Å². The van der Waals surface area contributed by atoms with Crippen LogP contribution < -0.4 is 5.32 Å². The van der Waals surface area contributed by atoms with E-state index in [9.17, 15) is 4.79 Å². The summed E-state index contributed by atoms with van der Waals surface area (Å²) in [6.45, 7) is 0.628. The first-order valence-electron chi connectivity index (χ1n) is 8.08. The number of amides is 1. The van der Waals surface area contributed by atoms with Crippen molar-refractivity contribution >= 4 is 17.2 Å². The topological polar surface area (TPSA) is 42.0 Å². The zero-order chi connectivity index (χ0) is 16.6. The van der Waals surface area contributed by atoms with Crippen LogP contribution in [0.1, 0.15) is 28.5 Å². The number of carbonyl (C=O) groups is 1. The fourth-order valence-corrected chi connectivity index (χ4v) is 3.36. The van der Waals surface area contributed by atoms with E-state index < -0.39 is 0 Å². The SMILES string of the molecule is O=C(CC(c1ccccc1)c1ccccc1)NCCc1nccs1. The minimum Gasteiger partial charge on any atom is -0.356 e. The quantitative estimate of drug-likeness (QED) is 0.708. The van der Waals surface area contributed by atoms with Crippen molar-refractivity contribution in [3.05, 3.63) is 88.4 Å². The Morgan fingerprint density at radius 3 is 2.17 bits per heavy atom. The lowest BCUT2D eigenvalue weighted by atomic mass is 9.88. The second-order valence-electron chi connectivity index (χ2n) is 5.60. The molecule has 0 spiro atoms. The van der Waals surface area contributed by atoms with Crippen molar-refractivity contribution in [3.8, 4) is 0 Å². The van der Waals surface area contributed by atoms with Gasteiger partial charge < -0.3 is 5.32 Å². The highest BCUT2D eigenvalue weighted by molar-refractivity contribution is 7.09. The highest BCUT2D eigenvalue weighted by atomic mass is 32.1. The summed E-state index contributed by atoms with van der Waals surface area (Å²) < 4.78 is 0. The number of hydrogen-bond donors (Lipinski definition) is 1. The molecule has 0 aliphatic rings. The number of nitrogens with zero attached hydrogens (tertiary/aromatic N) is 1. The largest absolute Gasteiger partial charge is 0.356 e. The minimum atomic E-state index is 0.0734.